The van der Waals surface area contributed by atoms with E-state index in [9.17, 15) is 0 Å². The van der Waals surface area contributed by atoms with Gasteiger partial charge in [0.05, 0.1) is 12.2 Å². The van der Waals surface area contributed by atoms with Crippen LogP contribution in [0.5, 0.6) is 0 Å². The van der Waals surface area contributed by atoms with Crippen LogP contribution < -0.4 is 11.3 Å². The van der Waals surface area contributed by atoms with Gasteiger partial charge in [-0.25, -0.2) is 0 Å². The molecule has 0 aliphatic heterocycles. The van der Waals surface area contributed by atoms with Crippen LogP contribution in [0.15, 0.2) is 6.20 Å². The third-order valence-electron chi connectivity index (χ3n) is 1.84. The van der Waals surface area contributed by atoms with Gasteiger partial charge in [-0.2, -0.15) is 15.4 Å². The number of nitrogens with zero attached hydrogens (tertiary/aromatic N) is 2. The Morgan fingerprint density at radius 2 is 2.58 bits per heavy atom. The Hall–Kier alpha value is -0.940. The molecule has 0 spiro atoms. The van der Waals surface area contributed by atoms with E-state index >= 15 is 0 Å². The van der Waals surface area contributed by atoms with Gasteiger partial charge in [0.25, 0.3) is 0 Å². The largest absolute Gasteiger partial charge is 0.271 e. The molecule has 68 valence electrons. The maximum atomic E-state index is 5.37. The Morgan fingerprint density at radius 3 is 3.08 bits per heavy atom. The molecule has 5 heteroatoms. The van der Waals surface area contributed by atoms with E-state index in [0.717, 1.165) is 25.0 Å². The van der Waals surface area contributed by atoms with Crippen molar-refractivity contribution >= 4 is 0 Å². The number of aromatic amines is 1. The minimum Gasteiger partial charge on any atom is -0.271 e. The number of H-pyrrole nitrogens is 1. The number of nitrogens with one attached hydrogen (secondary N) is 2. The molecule has 0 bridgehead atoms. The molecule has 0 radical (unpaired) electrons. The van der Waals surface area contributed by atoms with Crippen LogP contribution in [-0.2, 0) is 0 Å². The quantitative estimate of drug-likeness (QED) is 0.443. The first kappa shape index (κ1) is 9.15. The Balaban J connectivity index is 2.45. The molecule has 0 saturated heterocycles. The molecule has 0 aliphatic rings. The summed E-state index contributed by atoms with van der Waals surface area (Å²) in [6.45, 7) is 2.15. The van der Waals surface area contributed by atoms with Gasteiger partial charge in [-0.05, 0) is 6.42 Å². The topological polar surface area (TPSA) is 79.6 Å². The van der Waals surface area contributed by atoms with Crippen molar-refractivity contribution < 1.29 is 0 Å². The molecular weight excluding hydrogens is 154 g/mol. The molecule has 0 amide bonds. The summed E-state index contributed by atoms with van der Waals surface area (Å²) in [4.78, 5) is 0. The molecule has 12 heavy (non-hydrogen) atoms. The highest BCUT2D eigenvalue weighted by Gasteiger charge is 2.10. The Bertz CT molecular complexity index is 196. The molecule has 1 heterocycles. The number of aromatic nitrogens is 3. The summed E-state index contributed by atoms with van der Waals surface area (Å²) < 4.78 is 0. The van der Waals surface area contributed by atoms with Gasteiger partial charge in [-0.15, -0.1) is 0 Å². The zero-order chi connectivity index (χ0) is 8.81. The fourth-order valence-electron chi connectivity index (χ4n) is 1.10. The van der Waals surface area contributed by atoms with Gasteiger partial charge in [-0.3, -0.25) is 11.3 Å². The van der Waals surface area contributed by atoms with Crippen LogP contribution >= 0.6 is 0 Å². The summed E-state index contributed by atoms with van der Waals surface area (Å²) >= 11 is 0. The summed E-state index contributed by atoms with van der Waals surface area (Å²) in [5, 5.41) is 10.3. The van der Waals surface area contributed by atoms with Gasteiger partial charge in [0.15, 0.2) is 0 Å². The van der Waals surface area contributed by atoms with Crippen molar-refractivity contribution in [3.8, 4) is 0 Å². The van der Waals surface area contributed by atoms with E-state index in [1.807, 2.05) is 0 Å². The molecule has 5 nitrogen and oxygen atoms in total. The van der Waals surface area contributed by atoms with Crippen molar-refractivity contribution in [3.63, 3.8) is 0 Å². The van der Waals surface area contributed by atoms with Crippen molar-refractivity contribution in [1.82, 2.24) is 20.8 Å². The molecule has 0 aliphatic carbocycles. The lowest BCUT2D eigenvalue weighted by Crippen LogP contribution is -2.28. The fourth-order valence-corrected chi connectivity index (χ4v) is 1.10. The predicted octanol–water partition coefficient (Wildman–Crippen LogP) is 0.499. The smallest absolute Gasteiger partial charge is 0.101 e. The van der Waals surface area contributed by atoms with Crippen LogP contribution in [0, 0.1) is 0 Å². The highest BCUT2D eigenvalue weighted by atomic mass is 15.3. The van der Waals surface area contributed by atoms with Crippen LogP contribution in [0.4, 0.5) is 0 Å². The van der Waals surface area contributed by atoms with Crippen LogP contribution in [0.25, 0.3) is 0 Å². The number of hydrogen-bond donors (Lipinski definition) is 3. The first-order valence-electron chi connectivity index (χ1n) is 4.20. The average Bonchev–Trinajstić information content (AvgIpc) is 2.59. The SMILES string of the molecule is CCCCC(NN)c1cn[nH]n1. The minimum atomic E-state index is 0.128. The lowest BCUT2D eigenvalue weighted by atomic mass is 10.1. The summed E-state index contributed by atoms with van der Waals surface area (Å²) in [6, 6.07) is 0.128. The summed E-state index contributed by atoms with van der Waals surface area (Å²) in [6.07, 6.45) is 5.00. The molecule has 1 rings (SSSR count). The zero-order valence-corrected chi connectivity index (χ0v) is 7.25. The Labute approximate surface area is 71.7 Å². The molecule has 1 aromatic rings. The normalized spacial score (nSPS) is 13.2. The summed E-state index contributed by atoms with van der Waals surface area (Å²) in [5.41, 5.74) is 3.60. The second-order valence-corrected chi connectivity index (χ2v) is 2.76. The molecule has 0 aromatic carbocycles. The van der Waals surface area contributed by atoms with Gasteiger partial charge in [0.1, 0.15) is 5.69 Å². The summed E-state index contributed by atoms with van der Waals surface area (Å²) in [5.74, 6) is 5.37. The van der Waals surface area contributed by atoms with E-state index in [1.54, 1.807) is 6.20 Å². The fraction of sp³-hybridized carbons (Fsp3) is 0.714. The molecule has 1 unspecified atom stereocenters. The van der Waals surface area contributed by atoms with Crippen LogP contribution in [-0.4, -0.2) is 15.4 Å². The molecule has 0 fully saturated rings. The Kier molecular flexibility index (Phi) is 3.69. The number of rotatable bonds is 5. The van der Waals surface area contributed by atoms with Gasteiger partial charge < -0.3 is 0 Å². The van der Waals surface area contributed by atoms with Crippen molar-refractivity contribution in [3.05, 3.63) is 11.9 Å². The Morgan fingerprint density at radius 1 is 1.75 bits per heavy atom. The van der Waals surface area contributed by atoms with Crippen molar-refractivity contribution in [1.29, 1.82) is 0 Å². The highest BCUT2D eigenvalue weighted by Crippen LogP contribution is 2.14. The van der Waals surface area contributed by atoms with E-state index in [1.165, 1.54) is 0 Å². The van der Waals surface area contributed by atoms with E-state index in [0.29, 0.717) is 0 Å². The van der Waals surface area contributed by atoms with E-state index in [-0.39, 0.29) is 6.04 Å². The molecule has 1 aromatic heterocycles. The van der Waals surface area contributed by atoms with E-state index < -0.39 is 0 Å². The standard InChI is InChI=1S/C7H15N5/c1-2-3-4-6(10-8)7-5-9-12-11-7/h5-6,10H,2-4,8H2,1H3,(H,9,11,12). The van der Waals surface area contributed by atoms with Crippen LogP contribution in [0.2, 0.25) is 0 Å². The van der Waals surface area contributed by atoms with Gasteiger partial charge in [0.2, 0.25) is 0 Å². The maximum Gasteiger partial charge on any atom is 0.101 e. The summed E-state index contributed by atoms with van der Waals surface area (Å²) in [7, 11) is 0. The predicted molar refractivity (Wildman–Crippen MR) is 46.0 cm³/mol. The first-order chi connectivity index (χ1) is 5.88. The first-order valence-corrected chi connectivity index (χ1v) is 4.20. The highest BCUT2D eigenvalue weighted by molar-refractivity contribution is 4.98. The van der Waals surface area contributed by atoms with Crippen molar-refractivity contribution in [2.45, 2.75) is 32.2 Å². The third kappa shape index (κ3) is 2.28. The van der Waals surface area contributed by atoms with E-state index in [2.05, 4.69) is 27.8 Å². The zero-order valence-electron chi connectivity index (χ0n) is 7.25. The number of hydrogen-bond acceptors (Lipinski definition) is 4. The second kappa shape index (κ2) is 4.84. The number of hydrazine groups is 1. The lowest BCUT2D eigenvalue weighted by molar-refractivity contribution is 0.484. The van der Waals surface area contributed by atoms with Gasteiger partial charge in [0, 0.05) is 0 Å². The molecule has 1 atom stereocenters. The van der Waals surface area contributed by atoms with E-state index in [4.69, 9.17) is 5.84 Å². The van der Waals surface area contributed by atoms with Gasteiger partial charge >= 0.3 is 0 Å². The molecule has 4 N–H and O–H groups in total. The van der Waals surface area contributed by atoms with Gasteiger partial charge in [-0.1, -0.05) is 19.8 Å². The number of unbranched alkanes of at least 4 members (excludes halogenated alkanes) is 1. The lowest BCUT2D eigenvalue weighted by Gasteiger charge is -2.11. The van der Waals surface area contributed by atoms with Crippen LogP contribution in [0.1, 0.15) is 37.9 Å². The van der Waals surface area contributed by atoms with Crippen molar-refractivity contribution in [2.24, 2.45) is 5.84 Å². The molecule has 0 saturated carbocycles. The monoisotopic (exact) mass is 169 g/mol. The number of nitrogens with two attached hydrogens (primary N) is 1. The third-order valence-corrected chi connectivity index (χ3v) is 1.84. The van der Waals surface area contributed by atoms with Crippen LogP contribution in [0.3, 0.4) is 0 Å². The second-order valence-electron chi connectivity index (χ2n) is 2.76. The van der Waals surface area contributed by atoms with Crippen molar-refractivity contribution in [2.75, 3.05) is 0 Å². The average molecular weight is 169 g/mol. The maximum absolute atomic E-state index is 5.37. The minimum absolute atomic E-state index is 0.128. The molecular formula is C7H15N5.